The van der Waals surface area contributed by atoms with Crippen LogP contribution in [0.2, 0.25) is 5.02 Å². The van der Waals surface area contributed by atoms with E-state index in [1.54, 1.807) is 31.3 Å². The Labute approximate surface area is 156 Å². The Hall–Kier alpha value is -2.70. The van der Waals surface area contributed by atoms with Crippen LogP contribution < -0.4 is 10.9 Å². The van der Waals surface area contributed by atoms with Crippen molar-refractivity contribution in [1.82, 2.24) is 20.0 Å². The van der Waals surface area contributed by atoms with Gasteiger partial charge in [0.15, 0.2) is 5.69 Å². The molecule has 0 aliphatic heterocycles. The fourth-order valence-electron chi connectivity index (χ4n) is 2.80. The molecule has 0 spiro atoms. The Kier molecular flexibility index (Phi) is 5.35. The van der Waals surface area contributed by atoms with Crippen LogP contribution >= 0.6 is 11.6 Å². The van der Waals surface area contributed by atoms with Crippen LogP contribution in [0.4, 0.5) is 0 Å². The van der Waals surface area contributed by atoms with Crippen LogP contribution in [0.5, 0.6) is 0 Å². The van der Waals surface area contributed by atoms with Gasteiger partial charge in [-0.2, -0.15) is 5.10 Å². The summed E-state index contributed by atoms with van der Waals surface area (Å²) in [6.07, 6.45) is 0. The van der Waals surface area contributed by atoms with E-state index >= 15 is 0 Å². The molecule has 1 N–H and O–H groups in total. The lowest BCUT2D eigenvalue weighted by Gasteiger charge is -2.18. The second kappa shape index (κ2) is 7.68. The minimum atomic E-state index is -0.324. The average molecular weight is 371 g/mol. The molecule has 3 aromatic rings. The van der Waals surface area contributed by atoms with Gasteiger partial charge in [0.25, 0.3) is 11.5 Å². The second-order valence-corrected chi connectivity index (χ2v) is 6.50. The number of benzene rings is 2. The standard InChI is InChI=1S/C19H19ClN4O2/c1-21-18(25)17-15-5-3-4-6-16(15)19(26)24(22-17)12-23(2)11-13-7-9-14(20)10-8-13/h3-10H,11-12H2,1-2H3,(H,21,25). The number of nitrogens with zero attached hydrogens (tertiary/aromatic N) is 3. The number of carbonyl (C=O) groups excluding carboxylic acids is 1. The fraction of sp³-hybridized carbons (Fsp3) is 0.211. The molecule has 0 saturated heterocycles. The van der Waals surface area contributed by atoms with Crippen molar-refractivity contribution in [3.8, 4) is 0 Å². The molecule has 0 unspecified atom stereocenters. The van der Waals surface area contributed by atoms with Crippen LogP contribution in [-0.2, 0) is 13.2 Å². The number of halogens is 1. The molecule has 1 amide bonds. The van der Waals surface area contributed by atoms with Gasteiger partial charge in [0.1, 0.15) is 0 Å². The van der Waals surface area contributed by atoms with Crippen molar-refractivity contribution < 1.29 is 4.79 Å². The minimum absolute atomic E-state index is 0.226. The molecule has 0 fully saturated rings. The first-order valence-corrected chi connectivity index (χ1v) is 8.52. The third-order valence-electron chi connectivity index (χ3n) is 4.05. The summed E-state index contributed by atoms with van der Waals surface area (Å²) in [5.74, 6) is -0.324. The van der Waals surface area contributed by atoms with E-state index in [-0.39, 0.29) is 23.8 Å². The molecule has 26 heavy (non-hydrogen) atoms. The summed E-state index contributed by atoms with van der Waals surface area (Å²) in [5, 5.41) is 8.57. The summed E-state index contributed by atoms with van der Waals surface area (Å²) < 4.78 is 1.32. The van der Waals surface area contributed by atoms with E-state index in [4.69, 9.17) is 11.6 Å². The number of aromatic nitrogens is 2. The first-order valence-electron chi connectivity index (χ1n) is 8.14. The molecule has 134 valence electrons. The summed E-state index contributed by atoms with van der Waals surface area (Å²) in [5.41, 5.74) is 1.08. The van der Waals surface area contributed by atoms with Crippen molar-refractivity contribution in [3.63, 3.8) is 0 Å². The number of carbonyl (C=O) groups is 1. The molecule has 2 aromatic carbocycles. The smallest absolute Gasteiger partial charge is 0.275 e. The van der Waals surface area contributed by atoms with Crippen molar-refractivity contribution in [2.45, 2.75) is 13.2 Å². The summed E-state index contributed by atoms with van der Waals surface area (Å²) in [4.78, 5) is 26.9. The van der Waals surface area contributed by atoms with E-state index in [9.17, 15) is 9.59 Å². The second-order valence-electron chi connectivity index (χ2n) is 6.06. The van der Waals surface area contributed by atoms with Gasteiger partial charge in [0, 0.05) is 24.0 Å². The van der Waals surface area contributed by atoms with E-state index in [1.165, 1.54) is 4.68 Å². The fourth-order valence-corrected chi connectivity index (χ4v) is 2.92. The third-order valence-corrected chi connectivity index (χ3v) is 4.30. The van der Waals surface area contributed by atoms with Gasteiger partial charge < -0.3 is 5.32 Å². The monoisotopic (exact) mass is 370 g/mol. The largest absolute Gasteiger partial charge is 0.354 e. The molecule has 0 aliphatic carbocycles. The van der Waals surface area contributed by atoms with Gasteiger partial charge in [-0.15, -0.1) is 0 Å². The molecule has 1 aromatic heterocycles. The van der Waals surface area contributed by atoms with Gasteiger partial charge in [-0.3, -0.25) is 14.5 Å². The number of rotatable bonds is 5. The molecule has 0 bridgehead atoms. The molecule has 7 heteroatoms. The van der Waals surface area contributed by atoms with Crippen LogP contribution in [0.1, 0.15) is 16.1 Å². The van der Waals surface area contributed by atoms with Gasteiger partial charge in [-0.05, 0) is 30.8 Å². The van der Waals surface area contributed by atoms with Crippen LogP contribution in [0.15, 0.2) is 53.3 Å². The van der Waals surface area contributed by atoms with Crippen LogP contribution in [-0.4, -0.2) is 34.7 Å². The van der Waals surface area contributed by atoms with Gasteiger partial charge in [0.2, 0.25) is 0 Å². The van der Waals surface area contributed by atoms with Crippen molar-refractivity contribution in [2.75, 3.05) is 14.1 Å². The molecule has 0 saturated carbocycles. The maximum atomic E-state index is 12.7. The SMILES string of the molecule is CNC(=O)c1nn(CN(C)Cc2ccc(Cl)cc2)c(=O)c2ccccc12. The predicted octanol–water partition coefficient (Wildman–Crippen LogP) is 2.50. The molecular weight excluding hydrogens is 352 g/mol. The zero-order valence-corrected chi connectivity index (χ0v) is 15.3. The summed E-state index contributed by atoms with van der Waals surface area (Å²) in [6, 6.07) is 14.5. The Morgan fingerprint density at radius 1 is 1.15 bits per heavy atom. The van der Waals surface area contributed by atoms with E-state index in [1.807, 2.05) is 36.2 Å². The number of hydrogen-bond donors (Lipinski definition) is 1. The number of fused-ring (bicyclic) bond motifs is 1. The first kappa shape index (κ1) is 18.1. The van der Waals surface area contributed by atoms with Crippen LogP contribution in [0, 0.1) is 0 Å². The van der Waals surface area contributed by atoms with E-state index in [0.717, 1.165) is 5.56 Å². The predicted molar refractivity (Wildman–Crippen MR) is 102 cm³/mol. The van der Waals surface area contributed by atoms with Gasteiger partial charge in [-0.1, -0.05) is 41.9 Å². The Balaban J connectivity index is 1.94. The maximum absolute atomic E-state index is 12.7. The zero-order chi connectivity index (χ0) is 18.7. The quantitative estimate of drug-likeness (QED) is 0.749. The molecule has 0 radical (unpaired) electrons. The van der Waals surface area contributed by atoms with Crippen molar-refractivity contribution in [1.29, 1.82) is 0 Å². The van der Waals surface area contributed by atoms with E-state index in [2.05, 4.69) is 10.4 Å². The van der Waals surface area contributed by atoms with E-state index in [0.29, 0.717) is 22.3 Å². The van der Waals surface area contributed by atoms with Crippen molar-refractivity contribution in [2.24, 2.45) is 0 Å². The molecular formula is C19H19ClN4O2. The van der Waals surface area contributed by atoms with Crippen molar-refractivity contribution >= 4 is 28.3 Å². The first-order chi connectivity index (χ1) is 12.5. The highest BCUT2D eigenvalue weighted by Gasteiger charge is 2.16. The number of nitrogens with one attached hydrogen (secondary N) is 1. The Morgan fingerprint density at radius 3 is 2.46 bits per heavy atom. The lowest BCUT2D eigenvalue weighted by molar-refractivity contribution is 0.0956. The number of amides is 1. The summed E-state index contributed by atoms with van der Waals surface area (Å²) in [6.45, 7) is 0.879. The molecule has 0 atom stereocenters. The Morgan fingerprint density at radius 2 is 1.81 bits per heavy atom. The lowest BCUT2D eigenvalue weighted by atomic mass is 10.1. The summed E-state index contributed by atoms with van der Waals surface area (Å²) >= 11 is 5.91. The van der Waals surface area contributed by atoms with Gasteiger partial charge in [-0.25, -0.2) is 4.68 Å². The topological polar surface area (TPSA) is 67.2 Å². The highest BCUT2D eigenvalue weighted by molar-refractivity contribution is 6.30. The van der Waals surface area contributed by atoms with Crippen molar-refractivity contribution in [3.05, 3.63) is 75.2 Å². The zero-order valence-electron chi connectivity index (χ0n) is 14.6. The summed E-state index contributed by atoms with van der Waals surface area (Å²) in [7, 11) is 3.43. The van der Waals surface area contributed by atoms with Gasteiger partial charge in [0.05, 0.1) is 12.1 Å². The molecule has 1 heterocycles. The van der Waals surface area contributed by atoms with Crippen LogP contribution in [0.25, 0.3) is 10.8 Å². The minimum Gasteiger partial charge on any atom is -0.354 e. The Bertz CT molecular complexity index is 999. The lowest BCUT2D eigenvalue weighted by Crippen LogP contribution is -2.34. The normalized spacial score (nSPS) is 11.1. The highest BCUT2D eigenvalue weighted by atomic mass is 35.5. The molecule has 6 nitrogen and oxygen atoms in total. The van der Waals surface area contributed by atoms with Gasteiger partial charge >= 0.3 is 0 Å². The van der Waals surface area contributed by atoms with E-state index < -0.39 is 0 Å². The maximum Gasteiger partial charge on any atom is 0.275 e. The number of hydrogen-bond acceptors (Lipinski definition) is 4. The van der Waals surface area contributed by atoms with Crippen LogP contribution in [0.3, 0.4) is 0 Å². The molecule has 0 aliphatic rings. The average Bonchev–Trinajstić information content (AvgIpc) is 2.65. The third kappa shape index (κ3) is 3.76. The molecule has 3 rings (SSSR count). The highest BCUT2D eigenvalue weighted by Crippen LogP contribution is 2.14.